The van der Waals surface area contributed by atoms with Crippen molar-refractivity contribution in [1.29, 1.82) is 0 Å². The Kier molecular flexibility index (Phi) is 3.63. The molecule has 0 saturated heterocycles. The summed E-state index contributed by atoms with van der Waals surface area (Å²) in [4.78, 5) is 24.0. The van der Waals surface area contributed by atoms with Gasteiger partial charge >= 0.3 is 0 Å². The third kappa shape index (κ3) is 2.39. The highest BCUT2D eigenvalue weighted by molar-refractivity contribution is 9.10. The number of ketones is 2. The van der Waals surface area contributed by atoms with E-state index in [4.69, 9.17) is 0 Å². The van der Waals surface area contributed by atoms with Crippen molar-refractivity contribution in [2.75, 3.05) is 0 Å². The maximum atomic E-state index is 12.0. The van der Waals surface area contributed by atoms with E-state index in [1.54, 1.807) is 0 Å². The molecule has 2 fully saturated rings. The van der Waals surface area contributed by atoms with Crippen LogP contribution >= 0.6 is 15.9 Å². The van der Waals surface area contributed by atoms with Gasteiger partial charge in [0.1, 0.15) is 11.6 Å². The molecular weight excluding hydrogens is 316 g/mol. The van der Waals surface area contributed by atoms with Gasteiger partial charge < -0.3 is 0 Å². The lowest BCUT2D eigenvalue weighted by molar-refractivity contribution is -0.136. The number of benzene rings is 1. The minimum absolute atomic E-state index is 0.184. The molecule has 0 aliphatic heterocycles. The van der Waals surface area contributed by atoms with E-state index in [0.29, 0.717) is 25.7 Å². The first-order chi connectivity index (χ1) is 9.60. The molecule has 1 aromatic carbocycles. The van der Waals surface area contributed by atoms with Crippen molar-refractivity contribution in [3.05, 3.63) is 39.9 Å². The summed E-state index contributed by atoms with van der Waals surface area (Å²) in [6.45, 7) is 0. The molecule has 2 saturated carbocycles. The van der Waals surface area contributed by atoms with Crippen molar-refractivity contribution in [2.24, 2.45) is 5.41 Å². The van der Waals surface area contributed by atoms with Crippen molar-refractivity contribution in [3.8, 4) is 0 Å². The molecule has 0 aromatic heterocycles. The van der Waals surface area contributed by atoms with Crippen molar-refractivity contribution in [3.63, 3.8) is 0 Å². The molecule has 0 atom stereocenters. The van der Waals surface area contributed by atoms with E-state index in [2.05, 4.69) is 34.1 Å². The summed E-state index contributed by atoms with van der Waals surface area (Å²) in [5, 5.41) is 0. The first kappa shape index (κ1) is 13.7. The lowest BCUT2D eigenvalue weighted by Crippen LogP contribution is -2.35. The molecule has 0 amide bonds. The van der Waals surface area contributed by atoms with Crippen LogP contribution < -0.4 is 0 Å². The van der Waals surface area contributed by atoms with Gasteiger partial charge in [-0.2, -0.15) is 0 Å². The van der Waals surface area contributed by atoms with E-state index >= 15 is 0 Å². The molecule has 20 heavy (non-hydrogen) atoms. The van der Waals surface area contributed by atoms with Crippen LogP contribution in [0.25, 0.3) is 6.08 Å². The number of rotatable bonds is 1. The van der Waals surface area contributed by atoms with E-state index in [0.717, 1.165) is 17.3 Å². The van der Waals surface area contributed by atoms with Gasteiger partial charge in [0.15, 0.2) is 0 Å². The third-order valence-electron chi connectivity index (χ3n) is 4.61. The maximum Gasteiger partial charge on any atom is 0.146 e. The number of hydrogen-bond acceptors (Lipinski definition) is 2. The van der Waals surface area contributed by atoms with E-state index in [1.807, 2.05) is 12.1 Å². The van der Waals surface area contributed by atoms with Crippen LogP contribution in [0.3, 0.4) is 0 Å². The highest BCUT2D eigenvalue weighted by atomic mass is 79.9. The average molecular weight is 333 g/mol. The fourth-order valence-electron chi connectivity index (χ4n) is 3.39. The zero-order valence-corrected chi connectivity index (χ0v) is 12.9. The second-order valence-corrected chi connectivity index (χ2v) is 6.70. The second kappa shape index (κ2) is 5.28. The Morgan fingerprint density at radius 2 is 1.65 bits per heavy atom. The Labute approximate surface area is 127 Å². The van der Waals surface area contributed by atoms with Crippen LogP contribution in [0, 0.1) is 5.41 Å². The van der Waals surface area contributed by atoms with Gasteiger partial charge in [-0.05, 0) is 43.4 Å². The summed E-state index contributed by atoms with van der Waals surface area (Å²) in [6, 6.07) is 8.19. The molecular formula is C17H17BrO2. The summed E-state index contributed by atoms with van der Waals surface area (Å²) < 4.78 is 1.07. The van der Waals surface area contributed by atoms with Gasteiger partial charge in [0.25, 0.3) is 0 Å². The molecule has 0 heterocycles. The molecule has 3 heteroatoms. The molecule has 104 valence electrons. The van der Waals surface area contributed by atoms with E-state index in [-0.39, 0.29) is 11.6 Å². The van der Waals surface area contributed by atoms with Crippen LogP contribution in [0.4, 0.5) is 0 Å². The van der Waals surface area contributed by atoms with Crippen LogP contribution in [0.5, 0.6) is 0 Å². The zero-order chi connectivity index (χ0) is 14.2. The van der Waals surface area contributed by atoms with Crippen LogP contribution in [-0.2, 0) is 9.59 Å². The molecule has 0 bridgehead atoms. The summed E-state index contributed by atoms with van der Waals surface area (Å²) in [5.74, 6) is 0.369. The van der Waals surface area contributed by atoms with Crippen molar-refractivity contribution in [1.82, 2.24) is 0 Å². The lowest BCUT2D eigenvalue weighted by atomic mass is 9.70. The molecule has 1 aromatic rings. The smallest absolute Gasteiger partial charge is 0.146 e. The van der Waals surface area contributed by atoms with Gasteiger partial charge in [0.05, 0.1) is 5.41 Å². The minimum Gasteiger partial charge on any atom is -0.299 e. The minimum atomic E-state index is -0.616. The molecule has 1 spiro atoms. The first-order valence-electron chi connectivity index (χ1n) is 7.12. The Bertz CT molecular complexity index is 573. The molecule has 0 radical (unpaired) electrons. The lowest BCUT2D eigenvalue weighted by Gasteiger charge is -2.31. The number of Topliss-reactive ketones (excluding diaryl/α,β-unsaturated/α-hetero) is 2. The van der Waals surface area contributed by atoms with Gasteiger partial charge in [-0.3, -0.25) is 9.59 Å². The molecule has 2 nitrogen and oxygen atoms in total. The number of allylic oxidation sites excluding steroid dienone is 1. The van der Waals surface area contributed by atoms with Crippen molar-refractivity contribution >= 4 is 33.6 Å². The zero-order valence-electron chi connectivity index (χ0n) is 11.3. The van der Waals surface area contributed by atoms with Gasteiger partial charge in [0.2, 0.25) is 0 Å². The third-order valence-corrected chi connectivity index (χ3v) is 5.11. The summed E-state index contributed by atoms with van der Waals surface area (Å²) >= 11 is 3.47. The van der Waals surface area contributed by atoms with E-state index in [9.17, 15) is 9.59 Å². The molecule has 2 aliphatic rings. The standard InChI is InChI=1S/C17H17BrO2/c18-14-3-1-2-13(11-14)10-12-6-8-17(9-7-12)15(19)4-5-16(17)20/h1-3,10-11H,4-9H2. The van der Waals surface area contributed by atoms with E-state index in [1.165, 1.54) is 11.1 Å². The largest absolute Gasteiger partial charge is 0.299 e. The predicted octanol–water partition coefficient (Wildman–Crippen LogP) is 4.32. The molecule has 2 aliphatic carbocycles. The van der Waals surface area contributed by atoms with Gasteiger partial charge in [-0.1, -0.05) is 39.7 Å². The number of carbonyl (C=O) groups excluding carboxylic acids is 2. The molecule has 0 unspecified atom stereocenters. The molecule has 0 N–H and O–H groups in total. The van der Waals surface area contributed by atoms with Gasteiger partial charge in [0, 0.05) is 17.3 Å². The molecule has 3 rings (SSSR count). The topological polar surface area (TPSA) is 34.1 Å². The van der Waals surface area contributed by atoms with Crippen LogP contribution in [0.15, 0.2) is 34.3 Å². The van der Waals surface area contributed by atoms with Gasteiger partial charge in [-0.25, -0.2) is 0 Å². The van der Waals surface area contributed by atoms with Crippen molar-refractivity contribution in [2.45, 2.75) is 38.5 Å². The predicted molar refractivity (Wildman–Crippen MR) is 82.3 cm³/mol. The second-order valence-electron chi connectivity index (χ2n) is 5.79. The maximum absolute atomic E-state index is 12.0. The number of carbonyl (C=O) groups is 2. The fraction of sp³-hybridized carbons (Fsp3) is 0.412. The number of hydrogen-bond donors (Lipinski definition) is 0. The fourth-order valence-corrected chi connectivity index (χ4v) is 3.81. The average Bonchev–Trinajstić information content (AvgIpc) is 2.70. The Balaban J connectivity index is 1.76. The Morgan fingerprint density at radius 3 is 2.25 bits per heavy atom. The SMILES string of the molecule is O=C1CCC(=O)C12CCC(=Cc1cccc(Br)c1)CC2. The quantitative estimate of drug-likeness (QED) is 0.717. The summed E-state index contributed by atoms with van der Waals surface area (Å²) in [5.41, 5.74) is 1.91. The van der Waals surface area contributed by atoms with Crippen LogP contribution in [-0.4, -0.2) is 11.6 Å². The Morgan fingerprint density at radius 1 is 1.00 bits per heavy atom. The normalized spacial score (nSPS) is 21.6. The highest BCUT2D eigenvalue weighted by Gasteiger charge is 2.49. The van der Waals surface area contributed by atoms with Crippen LogP contribution in [0.1, 0.15) is 44.1 Å². The van der Waals surface area contributed by atoms with Crippen molar-refractivity contribution < 1.29 is 9.59 Å². The van der Waals surface area contributed by atoms with Crippen LogP contribution in [0.2, 0.25) is 0 Å². The highest BCUT2D eigenvalue weighted by Crippen LogP contribution is 2.46. The summed E-state index contributed by atoms with van der Waals surface area (Å²) in [6.07, 6.45) is 6.28. The summed E-state index contributed by atoms with van der Waals surface area (Å²) in [7, 11) is 0. The number of halogens is 1. The Hall–Kier alpha value is -1.22. The monoisotopic (exact) mass is 332 g/mol. The van der Waals surface area contributed by atoms with Gasteiger partial charge in [-0.15, -0.1) is 0 Å². The van der Waals surface area contributed by atoms with E-state index < -0.39 is 5.41 Å². The first-order valence-corrected chi connectivity index (χ1v) is 7.91.